The number of aryl methyl sites for hydroxylation is 1. The number of hydrogen-bond acceptors (Lipinski definition) is 8. The molecule has 1 aliphatic rings. The van der Waals surface area contributed by atoms with Gasteiger partial charge in [0.2, 0.25) is 0 Å². The van der Waals surface area contributed by atoms with Crippen molar-refractivity contribution in [2.24, 2.45) is 0 Å². The number of rotatable bonds is 5. The summed E-state index contributed by atoms with van der Waals surface area (Å²) >= 11 is 0. The number of aromatic nitrogens is 4. The summed E-state index contributed by atoms with van der Waals surface area (Å²) in [5, 5.41) is 23.0. The van der Waals surface area contributed by atoms with Gasteiger partial charge in [-0.1, -0.05) is 6.92 Å². The van der Waals surface area contributed by atoms with Gasteiger partial charge in [-0.2, -0.15) is 0 Å². The van der Waals surface area contributed by atoms with E-state index in [9.17, 15) is 10.2 Å². The quantitative estimate of drug-likeness (QED) is 0.445. The van der Waals surface area contributed by atoms with Gasteiger partial charge >= 0.3 is 0 Å². The van der Waals surface area contributed by atoms with Gasteiger partial charge in [-0.15, -0.1) is 0 Å². The highest BCUT2D eigenvalue weighted by Gasteiger charge is 2.44. The molecule has 160 valence electrons. The number of pyridine rings is 1. The van der Waals surface area contributed by atoms with E-state index in [0.29, 0.717) is 22.7 Å². The molecular formula is C22H23N5O4. The maximum Gasteiger partial charge on any atom is 0.164 e. The molecule has 9 nitrogen and oxygen atoms in total. The van der Waals surface area contributed by atoms with Gasteiger partial charge in [0, 0.05) is 23.0 Å². The molecule has 4 aromatic rings. The Morgan fingerprint density at radius 1 is 1.13 bits per heavy atom. The molecule has 4 N–H and O–H groups in total. The highest BCUT2D eigenvalue weighted by Crippen LogP contribution is 2.33. The zero-order chi connectivity index (χ0) is 21.5. The minimum absolute atomic E-state index is 0.0664. The zero-order valence-corrected chi connectivity index (χ0v) is 16.9. The molecule has 4 atom stereocenters. The summed E-state index contributed by atoms with van der Waals surface area (Å²) in [7, 11) is 0. The normalized spacial score (nSPS) is 23.6. The Hall–Kier alpha value is -3.27. The molecule has 0 radical (unpaired) electrons. The molecule has 5 rings (SSSR count). The monoisotopic (exact) mass is 421 g/mol. The van der Waals surface area contributed by atoms with Crippen molar-refractivity contribution in [1.82, 2.24) is 19.5 Å². The number of nitrogens with two attached hydrogens (primary N) is 1. The Balaban J connectivity index is 1.34. The molecule has 0 bridgehead atoms. The van der Waals surface area contributed by atoms with E-state index in [1.807, 2.05) is 31.2 Å². The minimum atomic E-state index is -1.12. The lowest BCUT2D eigenvalue weighted by atomic mass is 10.1. The second-order valence-electron chi connectivity index (χ2n) is 7.58. The number of nitrogens with zero attached hydrogens (tertiary/aromatic N) is 4. The average Bonchev–Trinajstić information content (AvgIpc) is 3.33. The highest BCUT2D eigenvalue weighted by atomic mass is 16.6. The number of aliphatic hydroxyl groups is 2. The smallest absolute Gasteiger partial charge is 0.164 e. The van der Waals surface area contributed by atoms with E-state index >= 15 is 0 Å². The summed E-state index contributed by atoms with van der Waals surface area (Å²) in [6, 6.07) is 11.0. The molecule has 1 saturated heterocycles. The van der Waals surface area contributed by atoms with Crippen LogP contribution in [0.15, 0.2) is 48.9 Å². The maximum absolute atomic E-state index is 10.6. The molecule has 0 unspecified atom stereocenters. The molecule has 1 fully saturated rings. The molecule has 0 amide bonds. The van der Waals surface area contributed by atoms with Gasteiger partial charge in [0.05, 0.1) is 11.2 Å². The Morgan fingerprint density at radius 3 is 2.81 bits per heavy atom. The predicted molar refractivity (Wildman–Crippen MR) is 114 cm³/mol. The Kier molecular flexibility index (Phi) is 4.93. The molecule has 9 heteroatoms. The standard InChI is InChI=1S/C22H23N5O4/c1-2-15-14-7-8-27(21(14)25-11-24-15)22-20(29)19(28)17(31-22)10-30-13-5-3-12-4-6-18(23)26-16(12)9-13/h3-9,11,17,19-20,22,28-29H,2,10H2,1H3,(H2,23,26)/t17-,19-,20-,22-/m1/s1. The van der Waals surface area contributed by atoms with E-state index in [1.54, 1.807) is 22.9 Å². The van der Waals surface area contributed by atoms with Gasteiger partial charge in [-0.05, 0) is 36.8 Å². The Morgan fingerprint density at radius 2 is 1.97 bits per heavy atom. The Bertz CT molecular complexity index is 1240. The topological polar surface area (TPSA) is 129 Å². The number of hydrogen-bond donors (Lipinski definition) is 3. The van der Waals surface area contributed by atoms with Gasteiger partial charge in [0.15, 0.2) is 6.23 Å². The van der Waals surface area contributed by atoms with E-state index in [1.165, 1.54) is 6.33 Å². The van der Waals surface area contributed by atoms with Crippen LogP contribution in [0.25, 0.3) is 21.9 Å². The number of aliphatic hydroxyl groups excluding tert-OH is 2. The molecule has 3 aromatic heterocycles. The summed E-state index contributed by atoms with van der Waals surface area (Å²) in [6.45, 7) is 2.09. The van der Waals surface area contributed by atoms with Crippen molar-refractivity contribution in [1.29, 1.82) is 0 Å². The molecule has 0 saturated carbocycles. The average molecular weight is 421 g/mol. The minimum Gasteiger partial charge on any atom is -0.491 e. The molecular weight excluding hydrogens is 398 g/mol. The van der Waals surface area contributed by atoms with Crippen LogP contribution in [-0.2, 0) is 11.2 Å². The van der Waals surface area contributed by atoms with Crippen molar-refractivity contribution in [3.8, 4) is 5.75 Å². The predicted octanol–water partition coefficient (Wildman–Crippen LogP) is 1.82. The first-order valence-electron chi connectivity index (χ1n) is 10.2. The van der Waals surface area contributed by atoms with E-state index in [-0.39, 0.29) is 6.61 Å². The van der Waals surface area contributed by atoms with Crippen molar-refractivity contribution in [3.05, 3.63) is 54.6 Å². The third-order valence-corrected chi connectivity index (χ3v) is 5.64. The molecule has 0 aliphatic carbocycles. The van der Waals surface area contributed by atoms with Crippen LogP contribution < -0.4 is 10.5 Å². The number of nitrogen functional groups attached to an aromatic ring is 1. The van der Waals surface area contributed by atoms with Crippen LogP contribution >= 0.6 is 0 Å². The second kappa shape index (κ2) is 7.77. The molecule has 1 aromatic carbocycles. The lowest BCUT2D eigenvalue weighted by Gasteiger charge is -2.17. The van der Waals surface area contributed by atoms with Crippen molar-refractivity contribution in [2.45, 2.75) is 37.9 Å². The Labute approximate surface area is 178 Å². The first-order valence-corrected chi connectivity index (χ1v) is 10.2. The van der Waals surface area contributed by atoms with Crippen LogP contribution in [0.3, 0.4) is 0 Å². The third-order valence-electron chi connectivity index (χ3n) is 5.64. The fourth-order valence-corrected chi connectivity index (χ4v) is 3.99. The van der Waals surface area contributed by atoms with Crippen LogP contribution in [0.2, 0.25) is 0 Å². The van der Waals surface area contributed by atoms with Crippen LogP contribution in [0.5, 0.6) is 5.75 Å². The van der Waals surface area contributed by atoms with Crippen molar-refractivity contribution in [3.63, 3.8) is 0 Å². The van der Waals surface area contributed by atoms with Crippen LogP contribution in [0, 0.1) is 0 Å². The summed E-state index contributed by atoms with van der Waals surface area (Å²) in [6.07, 6.45) is 0.334. The second-order valence-corrected chi connectivity index (χ2v) is 7.58. The van der Waals surface area contributed by atoms with Gasteiger partial charge in [-0.3, -0.25) is 0 Å². The molecule has 4 heterocycles. The van der Waals surface area contributed by atoms with Gasteiger partial charge in [0.1, 0.15) is 48.5 Å². The SMILES string of the molecule is CCc1ncnc2c1ccn2[C@@H]1O[C@H](COc2ccc3ccc(N)nc3c2)[C@@H](O)[C@H]1O. The summed E-state index contributed by atoms with van der Waals surface area (Å²) in [5.74, 6) is 1.00. The number of fused-ring (bicyclic) bond motifs is 2. The number of benzene rings is 1. The van der Waals surface area contributed by atoms with Crippen molar-refractivity contribution in [2.75, 3.05) is 12.3 Å². The van der Waals surface area contributed by atoms with E-state index in [4.69, 9.17) is 15.2 Å². The largest absolute Gasteiger partial charge is 0.491 e. The van der Waals surface area contributed by atoms with Crippen LogP contribution in [-0.4, -0.2) is 54.7 Å². The lowest BCUT2D eigenvalue weighted by Crippen LogP contribution is -2.34. The fourth-order valence-electron chi connectivity index (χ4n) is 3.99. The van der Waals surface area contributed by atoms with E-state index in [2.05, 4.69) is 15.0 Å². The maximum atomic E-state index is 10.6. The summed E-state index contributed by atoms with van der Waals surface area (Å²) in [4.78, 5) is 12.9. The van der Waals surface area contributed by atoms with E-state index in [0.717, 1.165) is 22.9 Å². The number of anilines is 1. The van der Waals surface area contributed by atoms with Crippen LogP contribution in [0.4, 0.5) is 5.82 Å². The van der Waals surface area contributed by atoms with Gasteiger partial charge in [-0.25, -0.2) is 15.0 Å². The molecule has 1 aliphatic heterocycles. The van der Waals surface area contributed by atoms with Crippen molar-refractivity contribution < 1.29 is 19.7 Å². The summed E-state index contributed by atoms with van der Waals surface area (Å²) in [5.41, 5.74) is 8.05. The molecule has 31 heavy (non-hydrogen) atoms. The summed E-state index contributed by atoms with van der Waals surface area (Å²) < 4.78 is 13.5. The van der Waals surface area contributed by atoms with Crippen LogP contribution in [0.1, 0.15) is 18.8 Å². The molecule has 0 spiro atoms. The fraction of sp³-hybridized carbons (Fsp3) is 0.318. The van der Waals surface area contributed by atoms with Gasteiger partial charge in [0.25, 0.3) is 0 Å². The zero-order valence-electron chi connectivity index (χ0n) is 16.9. The first-order chi connectivity index (χ1) is 15.0. The van der Waals surface area contributed by atoms with E-state index < -0.39 is 24.5 Å². The van der Waals surface area contributed by atoms with Gasteiger partial charge < -0.3 is 30.0 Å². The third kappa shape index (κ3) is 3.46. The first kappa shape index (κ1) is 19.7. The highest BCUT2D eigenvalue weighted by molar-refractivity contribution is 5.81. The number of ether oxygens (including phenoxy) is 2. The lowest BCUT2D eigenvalue weighted by molar-refractivity contribution is -0.0471. The van der Waals surface area contributed by atoms with Crippen molar-refractivity contribution >= 4 is 27.8 Å².